The van der Waals surface area contributed by atoms with Crippen molar-refractivity contribution in [2.24, 2.45) is 4.99 Å². The predicted octanol–water partition coefficient (Wildman–Crippen LogP) is 4.39. The summed E-state index contributed by atoms with van der Waals surface area (Å²) >= 11 is 0. The summed E-state index contributed by atoms with van der Waals surface area (Å²) in [5, 5.41) is 14.5. The van der Waals surface area contributed by atoms with E-state index >= 15 is 4.39 Å². The molecule has 1 unspecified atom stereocenters. The van der Waals surface area contributed by atoms with Crippen molar-refractivity contribution >= 4 is 23.2 Å². The highest BCUT2D eigenvalue weighted by Crippen LogP contribution is 2.48. The van der Waals surface area contributed by atoms with Crippen molar-refractivity contribution in [3.63, 3.8) is 0 Å². The van der Waals surface area contributed by atoms with Gasteiger partial charge in [0.15, 0.2) is 5.83 Å². The molecule has 7 aliphatic rings. The molecule has 238 valence electrons. The van der Waals surface area contributed by atoms with Gasteiger partial charge in [0.05, 0.1) is 23.3 Å². The standard InChI is InChI=1S/C34H41F2N7O2/c1-19-4-2-5-20-12-24(44)13-25(26(19)20)30-28(36)29-27(31-37-9-11-43(30)31)32(41-16-22-6-7-23(17-41)38-22)40-33(39-29)45-18-34-8-3-10-42(34)15-21(35)14-34/h12-13,19,21-23,38,44H,2-11,14-18H2,1H3/t19?,21-,22-,23+,34+/m1/s1. The summed E-state index contributed by atoms with van der Waals surface area (Å²) in [4.78, 5) is 21.2. The summed E-state index contributed by atoms with van der Waals surface area (Å²) in [6.07, 6.45) is 6.60. The Labute approximate surface area is 262 Å². The molecule has 7 heterocycles. The van der Waals surface area contributed by atoms with Crippen molar-refractivity contribution in [1.82, 2.24) is 25.1 Å². The SMILES string of the molecule is CC1CCCc2cc(O)cc(C3=C(F)c4nc(OC[C@@]56CCCN5C[C@H](F)C6)nc(N5C[C@H]6CC[C@@H](C5)N6)c4C4=NCCN43)c21. The van der Waals surface area contributed by atoms with E-state index in [1.165, 1.54) is 0 Å². The van der Waals surface area contributed by atoms with Crippen LogP contribution in [0, 0.1) is 0 Å². The Bertz CT molecular complexity index is 1620. The van der Waals surface area contributed by atoms with E-state index in [1.807, 2.05) is 11.0 Å². The maximum Gasteiger partial charge on any atom is 0.319 e. The smallest absolute Gasteiger partial charge is 0.319 e. The number of anilines is 1. The number of nitrogens with zero attached hydrogens (tertiary/aromatic N) is 6. The van der Waals surface area contributed by atoms with E-state index in [-0.39, 0.29) is 35.5 Å². The minimum atomic E-state index is -0.866. The van der Waals surface area contributed by atoms with Gasteiger partial charge in [-0.15, -0.1) is 0 Å². The van der Waals surface area contributed by atoms with Crippen molar-refractivity contribution in [3.05, 3.63) is 40.1 Å². The van der Waals surface area contributed by atoms with Crippen LogP contribution < -0.4 is 15.0 Å². The van der Waals surface area contributed by atoms with Crippen LogP contribution in [0.1, 0.15) is 85.7 Å². The van der Waals surface area contributed by atoms with E-state index in [0.717, 1.165) is 81.3 Å². The van der Waals surface area contributed by atoms with Crippen LogP contribution in [0.3, 0.4) is 0 Å². The molecule has 9 nitrogen and oxygen atoms in total. The van der Waals surface area contributed by atoms with Gasteiger partial charge in [0.2, 0.25) is 0 Å². The molecule has 4 fully saturated rings. The summed E-state index contributed by atoms with van der Waals surface area (Å²) in [5.41, 5.74) is 3.78. The molecular formula is C34H41F2N7O2. The van der Waals surface area contributed by atoms with Crippen LogP contribution in [0.25, 0.3) is 11.5 Å². The van der Waals surface area contributed by atoms with Crippen LogP contribution >= 0.6 is 0 Å². The first-order valence-electron chi connectivity index (χ1n) is 16.9. The van der Waals surface area contributed by atoms with Gasteiger partial charge >= 0.3 is 6.01 Å². The van der Waals surface area contributed by atoms with Crippen LogP contribution in [-0.4, -0.2) is 100 Å². The van der Waals surface area contributed by atoms with Crippen LogP contribution in [-0.2, 0) is 6.42 Å². The number of rotatable bonds is 5. The average Bonchev–Trinajstić information content (AvgIpc) is 3.79. The molecule has 2 aromatic rings. The number of halogens is 2. The quantitative estimate of drug-likeness (QED) is 0.511. The van der Waals surface area contributed by atoms with E-state index < -0.39 is 12.0 Å². The summed E-state index contributed by atoms with van der Waals surface area (Å²) in [5.74, 6) is 1.30. The molecule has 6 aliphatic heterocycles. The molecule has 0 amide bonds. The lowest BCUT2D eigenvalue weighted by Crippen LogP contribution is -2.52. The molecule has 2 bridgehead atoms. The van der Waals surface area contributed by atoms with Gasteiger partial charge in [-0.3, -0.25) is 9.89 Å². The first-order chi connectivity index (χ1) is 21.9. The second kappa shape index (κ2) is 10.4. The van der Waals surface area contributed by atoms with Crippen molar-refractivity contribution in [2.75, 3.05) is 50.8 Å². The fourth-order valence-corrected chi connectivity index (χ4v) is 9.50. The monoisotopic (exact) mass is 617 g/mol. The van der Waals surface area contributed by atoms with E-state index in [0.29, 0.717) is 61.1 Å². The number of alkyl halides is 1. The Hall–Kier alpha value is -3.31. The molecule has 0 spiro atoms. The zero-order valence-electron chi connectivity index (χ0n) is 25.9. The van der Waals surface area contributed by atoms with Gasteiger partial charge < -0.3 is 25.0 Å². The van der Waals surface area contributed by atoms with E-state index in [2.05, 4.69) is 22.0 Å². The van der Waals surface area contributed by atoms with Gasteiger partial charge in [-0.05, 0) is 80.7 Å². The number of aliphatic imine (C=N–C) groups is 1. The van der Waals surface area contributed by atoms with Crippen LogP contribution in [0.2, 0.25) is 0 Å². The second-order valence-corrected chi connectivity index (χ2v) is 14.3. The number of nitrogens with one attached hydrogen (secondary N) is 1. The van der Waals surface area contributed by atoms with Gasteiger partial charge in [0.25, 0.3) is 0 Å². The highest BCUT2D eigenvalue weighted by Gasteiger charge is 2.50. The highest BCUT2D eigenvalue weighted by atomic mass is 19.1. The topological polar surface area (TPSA) is 89.4 Å². The molecule has 2 N–H and O–H groups in total. The normalized spacial score (nSPS) is 32.0. The van der Waals surface area contributed by atoms with Gasteiger partial charge in [-0.1, -0.05) is 6.92 Å². The summed E-state index contributed by atoms with van der Waals surface area (Å²) < 4.78 is 38.3. The molecule has 9 rings (SSSR count). The van der Waals surface area contributed by atoms with Crippen LogP contribution in [0.5, 0.6) is 11.8 Å². The zero-order valence-corrected chi connectivity index (χ0v) is 25.9. The van der Waals surface area contributed by atoms with Crippen LogP contribution in [0.4, 0.5) is 14.6 Å². The fraction of sp³-hybridized carbons (Fsp3) is 0.618. The fourth-order valence-electron chi connectivity index (χ4n) is 9.50. The molecule has 5 atom stereocenters. The third kappa shape index (κ3) is 4.40. The lowest BCUT2D eigenvalue weighted by molar-refractivity contribution is 0.107. The molecule has 1 aliphatic carbocycles. The predicted molar refractivity (Wildman–Crippen MR) is 168 cm³/mol. The minimum absolute atomic E-state index is 0.131. The number of fused-ring (bicyclic) bond motifs is 7. The van der Waals surface area contributed by atoms with Crippen molar-refractivity contribution in [3.8, 4) is 11.8 Å². The number of phenolic OH excluding ortho intramolecular Hbond substituents is 1. The Morgan fingerprint density at radius 3 is 2.78 bits per heavy atom. The maximum atomic E-state index is 17.4. The number of ether oxygens (including phenoxy) is 1. The number of benzene rings is 1. The largest absolute Gasteiger partial charge is 0.508 e. The summed E-state index contributed by atoms with van der Waals surface area (Å²) in [7, 11) is 0. The molecule has 1 aromatic heterocycles. The van der Waals surface area contributed by atoms with Crippen LogP contribution in [0.15, 0.2) is 17.1 Å². The number of aromatic hydroxyl groups is 1. The third-order valence-corrected chi connectivity index (χ3v) is 11.4. The first kappa shape index (κ1) is 28.0. The number of aryl methyl sites for hydroxylation is 1. The highest BCUT2D eigenvalue weighted by molar-refractivity contribution is 6.16. The van der Waals surface area contributed by atoms with Gasteiger partial charge in [-0.25, -0.2) is 8.78 Å². The molecular weight excluding hydrogens is 576 g/mol. The van der Waals surface area contributed by atoms with Crippen molar-refractivity contribution < 1.29 is 18.6 Å². The van der Waals surface area contributed by atoms with Gasteiger partial charge in [0.1, 0.15) is 35.9 Å². The Morgan fingerprint density at radius 1 is 1.09 bits per heavy atom. The molecule has 11 heteroatoms. The Kier molecular flexibility index (Phi) is 6.43. The molecule has 1 aromatic carbocycles. The minimum Gasteiger partial charge on any atom is -0.508 e. The molecule has 0 radical (unpaired) electrons. The second-order valence-electron chi connectivity index (χ2n) is 14.3. The number of aromatic nitrogens is 2. The Morgan fingerprint density at radius 2 is 1.93 bits per heavy atom. The van der Waals surface area contributed by atoms with E-state index in [1.54, 1.807) is 6.07 Å². The number of phenols is 1. The lowest BCUT2D eigenvalue weighted by Gasteiger charge is -2.38. The number of amidine groups is 1. The summed E-state index contributed by atoms with van der Waals surface area (Å²) in [6, 6.07) is 4.39. The van der Waals surface area contributed by atoms with Gasteiger partial charge in [0, 0.05) is 50.2 Å². The van der Waals surface area contributed by atoms with Crippen molar-refractivity contribution in [1.29, 1.82) is 0 Å². The number of hydrogen-bond acceptors (Lipinski definition) is 9. The zero-order chi connectivity index (χ0) is 30.4. The molecule has 0 saturated carbocycles. The van der Waals surface area contributed by atoms with Crippen molar-refractivity contribution in [2.45, 2.75) is 88.0 Å². The maximum absolute atomic E-state index is 17.4. The average molecular weight is 618 g/mol. The third-order valence-electron chi connectivity index (χ3n) is 11.4. The first-order valence-corrected chi connectivity index (χ1v) is 16.9. The van der Waals surface area contributed by atoms with E-state index in [4.69, 9.17) is 19.7 Å². The molecule has 4 saturated heterocycles. The number of piperazine rings is 1. The van der Waals surface area contributed by atoms with Gasteiger partial charge in [-0.2, -0.15) is 9.97 Å². The number of hydrogen-bond donors (Lipinski definition) is 2. The molecule has 45 heavy (non-hydrogen) atoms. The summed E-state index contributed by atoms with van der Waals surface area (Å²) in [6.45, 7) is 6.39. The lowest BCUT2D eigenvalue weighted by atomic mass is 9.79. The van der Waals surface area contributed by atoms with E-state index in [9.17, 15) is 9.50 Å². The Balaban J connectivity index is 1.20.